The zero-order valence-electron chi connectivity index (χ0n) is 7.34. The van der Waals surface area contributed by atoms with E-state index < -0.39 is 5.41 Å². The van der Waals surface area contributed by atoms with E-state index >= 15 is 0 Å². The van der Waals surface area contributed by atoms with Crippen molar-refractivity contribution in [1.82, 2.24) is 0 Å². The molecule has 0 aliphatic heterocycles. The first-order chi connectivity index (χ1) is 5.18. The van der Waals surface area contributed by atoms with Crippen molar-refractivity contribution >= 4 is 0 Å². The van der Waals surface area contributed by atoms with Gasteiger partial charge in [-0.05, 0) is 6.42 Å². The van der Waals surface area contributed by atoms with E-state index in [1.165, 1.54) is 0 Å². The maximum absolute atomic E-state index is 8.84. The lowest BCUT2D eigenvalue weighted by Gasteiger charge is -2.23. The highest BCUT2D eigenvalue weighted by Gasteiger charge is 2.22. The van der Waals surface area contributed by atoms with Gasteiger partial charge in [-0.2, -0.15) is 0 Å². The lowest BCUT2D eigenvalue weighted by molar-refractivity contribution is -0.0158. The number of hydrogen-bond acceptors (Lipinski definition) is 3. The van der Waals surface area contributed by atoms with Crippen LogP contribution in [0, 0.1) is 5.41 Å². The number of hydrogen-bond donors (Lipinski definition) is 2. The highest BCUT2D eigenvalue weighted by atomic mass is 16.5. The molecule has 2 N–H and O–H groups in total. The molecule has 0 unspecified atom stereocenters. The average Bonchev–Trinajstić information content (AvgIpc) is 2.05. The van der Waals surface area contributed by atoms with Crippen molar-refractivity contribution in [1.29, 1.82) is 0 Å². The SMILES string of the molecule is CCCOCC(C)(CO)CO. The lowest BCUT2D eigenvalue weighted by Crippen LogP contribution is -2.31. The molecule has 0 radical (unpaired) electrons. The molecule has 0 saturated carbocycles. The third-order valence-electron chi connectivity index (χ3n) is 1.56. The Morgan fingerprint density at radius 1 is 1.27 bits per heavy atom. The summed E-state index contributed by atoms with van der Waals surface area (Å²) >= 11 is 0. The Labute approximate surface area is 68.0 Å². The maximum Gasteiger partial charge on any atom is 0.0563 e. The summed E-state index contributed by atoms with van der Waals surface area (Å²) in [6.45, 7) is 4.86. The van der Waals surface area contributed by atoms with Crippen LogP contribution in [0.5, 0.6) is 0 Å². The van der Waals surface area contributed by atoms with Crippen molar-refractivity contribution in [3.05, 3.63) is 0 Å². The molecule has 0 fully saturated rings. The quantitative estimate of drug-likeness (QED) is 0.556. The summed E-state index contributed by atoms with van der Waals surface area (Å²) in [5.74, 6) is 0. The minimum absolute atomic E-state index is 0.0345. The fourth-order valence-electron chi connectivity index (χ4n) is 0.604. The van der Waals surface area contributed by atoms with Crippen LogP contribution in [0.15, 0.2) is 0 Å². The monoisotopic (exact) mass is 162 g/mol. The van der Waals surface area contributed by atoms with Crippen molar-refractivity contribution in [3.63, 3.8) is 0 Å². The molecule has 0 aliphatic carbocycles. The van der Waals surface area contributed by atoms with Crippen LogP contribution in [-0.4, -0.2) is 36.6 Å². The Bertz CT molecular complexity index is 89.3. The predicted octanol–water partition coefficient (Wildman–Crippen LogP) is 0.404. The van der Waals surface area contributed by atoms with E-state index in [4.69, 9.17) is 14.9 Å². The third-order valence-corrected chi connectivity index (χ3v) is 1.56. The number of aliphatic hydroxyl groups excluding tert-OH is 2. The molecule has 68 valence electrons. The highest BCUT2D eigenvalue weighted by Crippen LogP contribution is 2.14. The van der Waals surface area contributed by atoms with Gasteiger partial charge in [0.15, 0.2) is 0 Å². The van der Waals surface area contributed by atoms with Gasteiger partial charge in [0.2, 0.25) is 0 Å². The van der Waals surface area contributed by atoms with Crippen LogP contribution in [-0.2, 0) is 4.74 Å². The van der Waals surface area contributed by atoms with Gasteiger partial charge < -0.3 is 14.9 Å². The predicted molar refractivity (Wildman–Crippen MR) is 43.4 cm³/mol. The van der Waals surface area contributed by atoms with Gasteiger partial charge in [0.05, 0.1) is 19.8 Å². The summed E-state index contributed by atoms with van der Waals surface area (Å²) in [6.07, 6.45) is 0.965. The molecule has 3 nitrogen and oxygen atoms in total. The summed E-state index contributed by atoms with van der Waals surface area (Å²) in [5, 5.41) is 17.7. The molecule has 0 aromatic rings. The van der Waals surface area contributed by atoms with Crippen LogP contribution < -0.4 is 0 Å². The number of ether oxygens (including phenoxy) is 1. The van der Waals surface area contributed by atoms with Crippen LogP contribution in [0.1, 0.15) is 20.3 Å². The zero-order chi connectivity index (χ0) is 8.74. The van der Waals surface area contributed by atoms with Gasteiger partial charge in [0.1, 0.15) is 0 Å². The Morgan fingerprint density at radius 3 is 2.18 bits per heavy atom. The van der Waals surface area contributed by atoms with Crippen molar-refractivity contribution in [2.75, 3.05) is 26.4 Å². The molecule has 0 atom stereocenters. The minimum Gasteiger partial charge on any atom is -0.396 e. The van der Waals surface area contributed by atoms with Crippen molar-refractivity contribution in [3.8, 4) is 0 Å². The first-order valence-corrected chi connectivity index (χ1v) is 3.98. The van der Waals surface area contributed by atoms with Crippen LogP contribution in [0.2, 0.25) is 0 Å². The largest absolute Gasteiger partial charge is 0.396 e. The van der Waals surface area contributed by atoms with Gasteiger partial charge in [-0.15, -0.1) is 0 Å². The fourth-order valence-corrected chi connectivity index (χ4v) is 0.604. The van der Waals surface area contributed by atoms with Crippen LogP contribution in [0.25, 0.3) is 0 Å². The number of rotatable bonds is 6. The zero-order valence-corrected chi connectivity index (χ0v) is 7.34. The molecule has 0 aliphatic rings. The van der Waals surface area contributed by atoms with Crippen molar-refractivity contribution in [2.45, 2.75) is 20.3 Å². The second-order valence-electron chi connectivity index (χ2n) is 3.18. The molecule has 0 spiro atoms. The average molecular weight is 162 g/mol. The van der Waals surface area contributed by atoms with Crippen molar-refractivity contribution < 1.29 is 14.9 Å². The van der Waals surface area contributed by atoms with E-state index in [-0.39, 0.29) is 13.2 Å². The Morgan fingerprint density at radius 2 is 1.82 bits per heavy atom. The van der Waals surface area contributed by atoms with E-state index in [0.29, 0.717) is 13.2 Å². The van der Waals surface area contributed by atoms with Crippen LogP contribution in [0.3, 0.4) is 0 Å². The first-order valence-electron chi connectivity index (χ1n) is 3.98. The second kappa shape index (κ2) is 5.52. The minimum atomic E-state index is -0.477. The molecule has 11 heavy (non-hydrogen) atoms. The van der Waals surface area contributed by atoms with Gasteiger partial charge >= 0.3 is 0 Å². The standard InChI is InChI=1S/C8H18O3/c1-3-4-11-7-8(2,5-9)6-10/h9-10H,3-7H2,1-2H3. The molecule has 0 amide bonds. The summed E-state index contributed by atoms with van der Waals surface area (Å²) < 4.78 is 5.21. The van der Waals surface area contributed by atoms with Crippen molar-refractivity contribution in [2.24, 2.45) is 5.41 Å². The summed E-state index contributed by atoms with van der Waals surface area (Å²) in [7, 11) is 0. The van der Waals surface area contributed by atoms with E-state index in [0.717, 1.165) is 6.42 Å². The smallest absolute Gasteiger partial charge is 0.0563 e. The summed E-state index contributed by atoms with van der Waals surface area (Å²) in [5.41, 5.74) is -0.477. The molecule has 0 rings (SSSR count). The lowest BCUT2D eigenvalue weighted by atomic mass is 9.95. The Balaban J connectivity index is 3.51. The Hall–Kier alpha value is -0.120. The first kappa shape index (κ1) is 10.9. The molecule has 0 saturated heterocycles. The molecular formula is C8H18O3. The fraction of sp³-hybridized carbons (Fsp3) is 1.00. The van der Waals surface area contributed by atoms with E-state index in [2.05, 4.69) is 0 Å². The van der Waals surface area contributed by atoms with E-state index in [1.807, 2.05) is 6.92 Å². The van der Waals surface area contributed by atoms with Gasteiger partial charge in [0.25, 0.3) is 0 Å². The molecule has 0 heterocycles. The number of aliphatic hydroxyl groups is 2. The molecule has 3 heteroatoms. The Kier molecular flexibility index (Phi) is 5.46. The van der Waals surface area contributed by atoms with Gasteiger partial charge in [-0.25, -0.2) is 0 Å². The molecular weight excluding hydrogens is 144 g/mol. The summed E-state index contributed by atoms with van der Waals surface area (Å²) in [6, 6.07) is 0. The maximum atomic E-state index is 8.84. The van der Waals surface area contributed by atoms with Gasteiger partial charge in [0, 0.05) is 12.0 Å². The van der Waals surface area contributed by atoms with E-state index in [9.17, 15) is 0 Å². The topological polar surface area (TPSA) is 49.7 Å². The van der Waals surface area contributed by atoms with Gasteiger partial charge in [-0.1, -0.05) is 13.8 Å². The summed E-state index contributed by atoms with van der Waals surface area (Å²) in [4.78, 5) is 0. The third kappa shape index (κ3) is 4.35. The molecule has 0 aromatic carbocycles. The van der Waals surface area contributed by atoms with Crippen LogP contribution in [0.4, 0.5) is 0 Å². The van der Waals surface area contributed by atoms with E-state index in [1.54, 1.807) is 6.92 Å². The normalized spacial score (nSPS) is 12.0. The van der Waals surface area contributed by atoms with Gasteiger partial charge in [-0.3, -0.25) is 0 Å². The molecule has 0 aromatic heterocycles. The second-order valence-corrected chi connectivity index (χ2v) is 3.18. The molecule has 0 bridgehead atoms. The van der Waals surface area contributed by atoms with Crippen LogP contribution >= 0.6 is 0 Å². The highest BCUT2D eigenvalue weighted by molar-refractivity contribution is 4.70.